The van der Waals surface area contributed by atoms with E-state index in [0.717, 1.165) is 11.4 Å². The van der Waals surface area contributed by atoms with E-state index in [2.05, 4.69) is 10.3 Å². The largest absolute Gasteiger partial charge is 0.274 e. The molecule has 1 amide bonds. The predicted molar refractivity (Wildman–Crippen MR) is 58.8 cm³/mol. The van der Waals surface area contributed by atoms with E-state index < -0.39 is 0 Å². The number of pyridine rings is 1. The Morgan fingerprint density at radius 3 is 3.13 bits per heavy atom. The molecular formula is C10H11N3OS. The molecule has 1 N–H and O–H groups in total. The van der Waals surface area contributed by atoms with E-state index in [4.69, 9.17) is 5.26 Å². The first-order valence-corrected chi connectivity index (χ1v) is 5.64. The molecule has 0 bridgehead atoms. The average Bonchev–Trinajstić information content (AvgIpc) is 2.26. The number of nitrogens with zero attached hydrogens (tertiary/aromatic N) is 2. The van der Waals surface area contributed by atoms with Crippen LogP contribution >= 0.6 is 11.8 Å². The Morgan fingerprint density at radius 2 is 2.47 bits per heavy atom. The highest BCUT2D eigenvalue weighted by atomic mass is 32.2. The monoisotopic (exact) mass is 221 g/mol. The zero-order chi connectivity index (χ0) is 10.9. The smallest absolute Gasteiger partial charge is 0.233 e. The van der Waals surface area contributed by atoms with Gasteiger partial charge in [-0.1, -0.05) is 6.07 Å². The molecule has 1 heterocycles. The molecule has 1 rings (SSSR count). The third kappa shape index (κ3) is 5.03. The molecule has 0 unspecified atom stereocenters. The van der Waals surface area contributed by atoms with Crippen molar-refractivity contribution in [1.29, 1.82) is 5.26 Å². The van der Waals surface area contributed by atoms with E-state index in [0.29, 0.717) is 12.2 Å². The predicted octanol–water partition coefficient (Wildman–Crippen LogP) is 1.30. The van der Waals surface area contributed by atoms with Crippen molar-refractivity contribution in [2.24, 2.45) is 0 Å². The number of aromatic nitrogens is 1. The number of carbonyl (C=O) groups is 1. The van der Waals surface area contributed by atoms with Crippen molar-refractivity contribution in [3.8, 4) is 6.19 Å². The van der Waals surface area contributed by atoms with Crippen molar-refractivity contribution in [1.82, 2.24) is 10.3 Å². The summed E-state index contributed by atoms with van der Waals surface area (Å²) in [6.07, 6.45) is 3.72. The van der Waals surface area contributed by atoms with Gasteiger partial charge in [0.1, 0.15) is 0 Å². The standard InChI is InChI=1S/C10H11N3OS/c11-8-13-10(14)4-6-15-7-9-3-1-2-5-12-9/h1-3,5H,4,6-7H2,(H,13,14). The van der Waals surface area contributed by atoms with Crippen LogP contribution in [-0.2, 0) is 10.5 Å². The first kappa shape index (κ1) is 11.5. The summed E-state index contributed by atoms with van der Waals surface area (Å²) in [6, 6.07) is 5.75. The number of hydrogen-bond donors (Lipinski definition) is 1. The molecule has 0 aromatic carbocycles. The van der Waals surface area contributed by atoms with Crippen molar-refractivity contribution in [3.63, 3.8) is 0 Å². The molecule has 5 heteroatoms. The molecule has 0 aliphatic heterocycles. The van der Waals surface area contributed by atoms with Gasteiger partial charge in [0.05, 0.1) is 5.69 Å². The first-order chi connectivity index (χ1) is 7.33. The van der Waals surface area contributed by atoms with Gasteiger partial charge in [0, 0.05) is 24.1 Å². The number of nitriles is 1. The van der Waals surface area contributed by atoms with Crippen molar-refractivity contribution < 1.29 is 4.79 Å². The molecule has 1 aromatic heterocycles. The van der Waals surface area contributed by atoms with Crippen LogP contribution < -0.4 is 5.32 Å². The van der Waals surface area contributed by atoms with Crippen molar-refractivity contribution >= 4 is 17.7 Å². The number of carbonyl (C=O) groups excluding carboxylic acids is 1. The lowest BCUT2D eigenvalue weighted by atomic mass is 10.4. The lowest BCUT2D eigenvalue weighted by molar-refractivity contribution is -0.119. The quantitative estimate of drug-likeness (QED) is 0.462. The van der Waals surface area contributed by atoms with E-state index in [-0.39, 0.29) is 5.91 Å². The average molecular weight is 221 g/mol. The Labute approximate surface area is 92.7 Å². The molecule has 0 radical (unpaired) electrons. The van der Waals surface area contributed by atoms with E-state index in [1.165, 1.54) is 0 Å². The second-order valence-corrected chi connectivity index (χ2v) is 3.89. The maximum Gasteiger partial charge on any atom is 0.233 e. The SMILES string of the molecule is N#CNC(=O)CCSCc1ccccn1. The van der Waals surface area contributed by atoms with Crippen LogP contribution in [0, 0.1) is 11.5 Å². The van der Waals surface area contributed by atoms with Crippen LogP contribution in [0.1, 0.15) is 12.1 Å². The fraction of sp³-hybridized carbons (Fsp3) is 0.300. The van der Waals surface area contributed by atoms with Gasteiger partial charge in [0.2, 0.25) is 5.91 Å². The van der Waals surface area contributed by atoms with E-state index >= 15 is 0 Å². The van der Waals surface area contributed by atoms with Crippen LogP contribution in [0.3, 0.4) is 0 Å². The Balaban J connectivity index is 2.13. The van der Waals surface area contributed by atoms with Crippen LogP contribution in [-0.4, -0.2) is 16.6 Å². The highest BCUT2D eigenvalue weighted by molar-refractivity contribution is 7.98. The van der Waals surface area contributed by atoms with Crippen molar-refractivity contribution in [2.75, 3.05) is 5.75 Å². The van der Waals surface area contributed by atoms with Crippen LogP contribution in [0.25, 0.3) is 0 Å². The third-order valence-electron chi connectivity index (χ3n) is 1.64. The first-order valence-electron chi connectivity index (χ1n) is 4.48. The van der Waals surface area contributed by atoms with Crippen LogP contribution in [0.4, 0.5) is 0 Å². The highest BCUT2D eigenvalue weighted by Gasteiger charge is 2.00. The van der Waals surface area contributed by atoms with Gasteiger partial charge in [0.25, 0.3) is 0 Å². The molecular weight excluding hydrogens is 210 g/mol. The number of amides is 1. The summed E-state index contributed by atoms with van der Waals surface area (Å²) in [7, 11) is 0. The molecule has 0 aliphatic rings. The fourth-order valence-electron chi connectivity index (χ4n) is 0.950. The Morgan fingerprint density at radius 1 is 1.60 bits per heavy atom. The summed E-state index contributed by atoms with van der Waals surface area (Å²) in [6.45, 7) is 0. The van der Waals surface area contributed by atoms with Crippen molar-refractivity contribution in [2.45, 2.75) is 12.2 Å². The van der Waals surface area contributed by atoms with Crippen LogP contribution in [0.2, 0.25) is 0 Å². The molecule has 1 aromatic rings. The molecule has 0 saturated carbocycles. The molecule has 0 spiro atoms. The summed E-state index contributed by atoms with van der Waals surface area (Å²) in [5.74, 6) is 1.26. The lowest BCUT2D eigenvalue weighted by Crippen LogP contribution is -2.17. The molecule has 0 atom stereocenters. The van der Waals surface area contributed by atoms with Gasteiger partial charge in [-0.15, -0.1) is 0 Å². The topological polar surface area (TPSA) is 65.8 Å². The molecule has 78 valence electrons. The summed E-state index contributed by atoms with van der Waals surface area (Å²) in [5.41, 5.74) is 1.00. The van der Waals surface area contributed by atoms with Crippen molar-refractivity contribution in [3.05, 3.63) is 30.1 Å². The lowest BCUT2D eigenvalue weighted by Gasteiger charge is -1.99. The van der Waals surface area contributed by atoms with Gasteiger partial charge in [-0.2, -0.15) is 17.0 Å². The normalized spacial score (nSPS) is 9.27. The fourth-order valence-corrected chi connectivity index (χ4v) is 1.80. The Hall–Kier alpha value is -1.54. The minimum absolute atomic E-state index is 0.231. The van der Waals surface area contributed by atoms with Gasteiger partial charge >= 0.3 is 0 Å². The molecule has 15 heavy (non-hydrogen) atoms. The zero-order valence-electron chi connectivity index (χ0n) is 8.14. The van der Waals surface area contributed by atoms with E-state index in [9.17, 15) is 4.79 Å². The maximum atomic E-state index is 10.9. The van der Waals surface area contributed by atoms with Crippen LogP contribution in [0.5, 0.6) is 0 Å². The van der Waals surface area contributed by atoms with E-state index in [1.807, 2.05) is 18.2 Å². The van der Waals surface area contributed by atoms with Gasteiger partial charge in [-0.25, -0.2) is 0 Å². The summed E-state index contributed by atoms with van der Waals surface area (Å²) in [5, 5.41) is 10.3. The molecule has 0 fully saturated rings. The summed E-state index contributed by atoms with van der Waals surface area (Å²) < 4.78 is 0. The van der Waals surface area contributed by atoms with E-state index in [1.54, 1.807) is 24.2 Å². The third-order valence-corrected chi connectivity index (χ3v) is 2.64. The Bertz CT molecular complexity index is 347. The maximum absolute atomic E-state index is 10.9. The zero-order valence-corrected chi connectivity index (χ0v) is 8.96. The number of thioether (sulfide) groups is 1. The number of nitrogens with one attached hydrogen (secondary N) is 1. The number of hydrogen-bond acceptors (Lipinski definition) is 4. The highest BCUT2D eigenvalue weighted by Crippen LogP contribution is 2.10. The molecule has 0 saturated heterocycles. The molecule has 4 nitrogen and oxygen atoms in total. The summed E-state index contributed by atoms with van der Waals surface area (Å²) in [4.78, 5) is 15.0. The number of rotatable bonds is 5. The van der Waals surface area contributed by atoms with Gasteiger partial charge in [-0.05, 0) is 12.1 Å². The van der Waals surface area contributed by atoms with Gasteiger partial charge in [-0.3, -0.25) is 15.1 Å². The van der Waals surface area contributed by atoms with Gasteiger partial charge in [0.15, 0.2) is 6.19 Å². The van der Waals surface area contributed by atoms with Gasteiger partial charge < -0.3 is 0 Å². The Kier molecular flexibility index (Phi) is 5.26. The minimum atomic E-state index is -0.231. The minimum Gasteiger partial charge on any atom is -0.274 e. The second kappa shape index (κ2) is 6.85. The van der Waals surface area contributed by atoms with Crippen LogP contribution in [0.15, 0.2) is 24.4 Å². The molecule has 0 aliphatic carbocycles. The summed E-state index contributed by atoms with van der Waals surface area (Å²) >= 11 is 1.63. The second-order valence-electron chi connectivity index (χ2n) is 2.78.